The summed E-state index contributed by atoms with van der Waals surface area (Å²) in [6.45, 7) is -0.282. The SMILES string of the molecule is O=C(NC1(C(=O)NCC(O)C(=O)O)CC2(CCC2)C1)OCC1c2ccccc2-c2ccccc21. The van der Waals surface area contributed by atoms with Gasteiger partial charge in [-0.25, -0.2) is 9.59 Å². The van der Waals surface area contributed by atoms with Crippen LogP contribution in [0.15, 0.2) is 48.5 Å². The van der Waals surface area contributed by atoms with Crippen LogP contribution in [-0.2, 0) is 14.3 Å². The minimum Gasteiger partial charge on any atom is -0.479 e. The molecule has 1 spiro atoms. The van der Waals surface area contributed by atoms with Crippen LogP contribution in [0.4, 0.5) is 4.79 Å². The first-order chi connectivity index (χ1) is 16.3. The van der Waals surface area contributed by atoms with E-state index >= 15 is 0 Å². The molecule has 2 saturated carbocycles. The summed E-state index contributed by atoms with van der Waals surface area (Å²) >= 11 is 0. The van der Waals surface area contributed by atoms with E-state index < -0.39 is 36.2 Å². The zero-order valence-electron chi connectivity index (χ0n) is 18.8. The lowest BCUT2D eigenvalue weighted by Crippen LogP contribution is -2.70. The molecule has 0 saturated heterocycles. The van der Waals surface area contributed by atoms with Gasteiger partial charge in [-0.1, -0.05) is 55.0 Å². The molecule has 2 amide bonds. The summed E-state index contributed by atoms with van der Waals surface area (Å²) in [4.78, 5) is 36.7. The van der Waals surface area contributed by atoms with Crippen molar-refractivity contribution in [2.24, 2.45) is 5.41 Å². The number of fused-ring (bicyclic) bond motifs is 3. The van der Waals surface area contributed by atoms with Crippen LogP contribution in [0.25, 0.3) is 11.1 Å². The number of benzene rings is 2. The van der Waals surface area contributed by atoms with Crippen molar-refractivity contribution in [3.63, 3.8) is 0 Å². The van der Waals surface area contributed by atoms with Crippen LogP contribution in [0.2, 0.25) is 0 Å². The average Bonchev–Trinajstić information content (AvgIpc) is 3.10. The summed E-state index contributed by atoms with van der Waals surface area (Å²) in [6.07, 6.45) is 1.70. The Hall–Kier alpha value is -3.39. The van der Waals surface area contributed by atoms with Crippen LogP contribution in [0.1, 0.15) is 49.1 Å². The van der Waals surface area contributed by atoms with Crippen LogP contribution >= 0.6 is 0 Å². The largest absolute Gasteiger partial charge is 0.479 e. The van der Waals surface area contributed by atoms with Crippen molar-refractivity contribution >= 4 is 18.0 Å². The Balaban J connectivity index is 1.26. The Labute approximate surface area is 197 Å². The summed E-state index contributed by atoms with van der Waals surface area (Å²) in [5.74, 6) is -1.99. The van der Waals surface area contributed by atoms with Gasteiger partial charge < -0.3 is 25.6 Å². The van der Waals surface area contributed by atoms with Crippen molar-refractivity contribution in [1.29, 1.82) is 0 Å². The predicted molar refractivity (Wildman–Crippen MR) is 123 cm³/mol. The molecular formula is C26H28N2O6. The van der Waals surface area contributed by atoms with Crippen molar-refractivity contribution in [3.8, 4) is 11.1 Å². The molecule has 2 aromatic carbocycles. The van der Waals surface area contributed by atoms with Crippen LogP contribution in [0, 0.1) is 5.41 Å². The molecule has 4 N–H and O–H groups in total. The number of carboxylic acid groups (broad SMARTS) is 1. The van der Waals surface area contributed by atoms with Gasteiger partial charge in [-0.3, -0.25) is 4.79 Å². The number of nitrogens with one attached hydrogen (secondary N) is 2. The maximum atomic E-state index is 12.9. The Morgan fingerprint density at radius 3 is 2.12 bits per heavy atom. The molecule has 0 heterocycles. The van der Waals surface area contributed by atoms with E-state index in [4.69, 9.17) is 9.84 Å². The molecule has 0 bridgehead atoms. The number of alkyl carbamates (subject to hydrolysis) is 1. The quantitative estimate of drug-likeness (QED) is 0.499. The Bertz CT molecular complexity index is 1090. The maximum Gasteiger partial charge on any atom is 0.408 e. The number of aliphatic hydroxyl groups excluding tert-OH is 1. The van der Waals surface area contributed by atoms with E-state index in [1.54, 1.807) is 0 Å². The number of carboxylic acids is 1. The number of rotatable bonds is 7. The average molecular weight is 465 g/mol. The smallest absolute Gasteiger partial charge is 0.408 e. The first kappa shape index (κ1) is 22.4. The molecule has 1 unspecified atom stereocenters. The van der Waals surface area contributed by atoms with E-state index in [1.165, 1.54) is 0 Å². The zero-order valence-corrected chi connectivity index (χ0v) is 18.8. The number of ether oxygens (including phenoxy) is 1. The van der Waals surface area contributed by atoms with Crippen molar-refractivity contribution in [2.75, 3.05) is 13.2 Å². The molecule has 178 valence electrons. The normalized spacial score (nSPS) is 19.7. The fourth-order valence-corrected chi connectivity index (χ4v) is 5.84. The molecule has 0 aliphatic heterocycles. The van der Waals surface area contributed by atoms with Crippen molar-refractivity contribution in [3.05, 3.63) is 59.7 Å². The second-order valence-corrected chi connectivity index (χ2v) is 9.80. The number of amides is 2. The topological polar surface area (TPSA) is 125 Å². The number of aliphatic carboxylic acids is 1. The van der Waals surface area contributed by atoms with E-state index in [2.05, 4.69) is 22.8 Å². The van der Waals surface area contributed by atoms with Gasteiger partial charge >= 0.3 is 12.1 Å². The molecule has 8 nitrogen and oxygen atoms in total. The van der Waals surface area contributed by atoms with E-state index in [1.807, 2.05) is 36.4 Å². The monoisotopic (exact) mass is 464 g/mol. The standard InChI is InChI=1S/C26H28N2O6/c29-21(22(30)31)12-27-23(32)26(14-25(15-26)10-5-11-25)28-24(33)34-13-20-18-8-3-1-6-16(18)17-7-2-4-9-19(17)20/h1-4,6-9,20-21,29H,5,10-15H2,(H,27,32)(H,28,33)(H,30,31). The van der Waals surface area contributed by atoms with Gasteiger partial charge in [0.2, 0.25) is 5.91 Å². The van der Waals surface area contributed by atoms with E-state index in [-0.39, 0.29) is 17.9 Å². The molecular weight excluding hydrogens is 436 g/mol. The van der Waals surface area contributed by atoms with Gasteiger partial charge in [-0.2, -0.15) is 0 Å². The predicted octanol–water partition coefficient (Wildman–Crippen LogP) is 2.79. The third kappa shape index (κ3) is 3.81. The van der Waals surface area contributed by atoms with Crippen molar-refractivity contribution in [2.45, 2.75) is 49.7 Å². The van der Waals surface area contributed by atoms with Gasteiger partial charge in [0, 0.05) is 5.92 Å². The lowest BCUT2D eigenvalue weighted by molar-refractivity contribution is -0.149. The van der Waals surface area contributed by atoms with E-state index in [0.717, 1.165) is 41.5 Å². The summed E-state index contributed by atoms with van der Waals surface area (Å²) in [5, 5.41) is 23.6. The van der Waals surface area contributed by atoms with Gasteiger partial charge in [0.15, 0.2) is 6.10 Å². The summed E-state index contributed by atoms with van der Waals surface area (Å²) in [6, 6.07) is 16.1. The number of aliphatic hydroxyl groups is 1. The van der Waals surface area contributed by atoms with E-state index in [9.17, 15) is 19.5 Å². The molecule has 2 aromatic rings. The lowest BCUT2D eigenvalue weighted by atomic mass is 9.48. The minimum absolute atomic E-state index is 0.0549. The molecule has 5 rings (SSSR count). The number of carbonyl (C=O) groups excluding carboxylic acids is 2. The molecule has 3 aliphatic rings. The molecule has 2 fully saturated rings. The Kier molecular flexibility index (Phi) is 5.56. The first-order valence-electron chi connectivity index (χ1n) is 11.6. The van der Waals surface area contributed by atoms with Crippen LogP contribution < -0.4 is 10.6 Å². The highest BCUT2D eigenvalue weighted by atomic mass is 16.5. The minimum atomic E-state index is -1.70. The summed E-state index contributed by atoms with van der Waals surface area (Å²) in [7, 11) is 0. The van der Waals surface area contributed by atoms with E-state index in [0.29, 0.717) is 12.8 Å². The van der Waals surface area contributed by atoms with Crippen molar-refractivity contribution in [1.82, 2.24) is 10.6 Å². The molecule has 3 aliphatic carbocycles. The molecule has 0 aromatic heterocycles. The summed E-state index contributed by atoms with van der Waals surface area (Å²) < 4.78 is 5.63. The third-order valence-electron chi connectivity index (χ3n) is 7.63. The highest BCUT2D eigenvalue weighted by molar-refractivity contribution is 5.92. The Morgan fingerprint density at radius 2 is 1.59 bits per heavy atom. The van der Waals surface area contributed by atoms with Crippen LogP contribution in [0.5, 0.6) is 0 Å². The maximum absolute atomic E-state index is 12.9. The van der Waals surface area contributed by atoms with Gasteiger partial charge in [-0.05, 0) is 53.4 Å². The van der Waals surface area contributed by atoms with Gasteiger partial charge in [0.05, 0.1) is 6.54 Å². The highest BCUT2D eigenvalue weighted by Crippen LogP contribution is 2.60. The second kappa shape index (κ2) is 8.43. The molecule has 34 heavy (non-hydrogen) atoms. The molecule has 0 radical (unpaired) electrons. The molecule has 8 heteroatoms. The van der Waals surface area contributed by atoms with Crippen molar-refractivity contribution < 1.29 is 29.3 Å². The number of hydrogen-bond acceptors (Lipinski definition) is 5. The fraction of sp³-hybridized carbons (Fsp3) is 0.423. The van der Waals surface area contributed by atoms with Gasteiger partial charge in [-0.15, -0.1) is 0 Å². The Morgan fingerprint density at radius 1 is 1.00 bits per heavy atom. The number of hydrogen-bond donors (Lipinski definition) is 4. The fourth-order valence-electron chi connectivity index (χ4n) is 5.84. The summed E-state index contributed by atoms with van der Waals surface area (Å²) in [5.41, 5.74) is 3.37. The third-order valence-corrected chi connectivity index (χ3v) is 7.63. The molecule has 1 atom stereocenters. The number of carbonyl (C=O) groups is 3. The van der Waals surface area contributed by atoms with Crippen LogP contribution in [-0.4, -0.2) is 53.0 Å². The second-order valence-electron chi connectivity index (χ2n) is 9.80. The first-order valence-corrected chi connectivity index (χ1v) is 11.6. The highest BCUT2D eigenvalue weighted by Gasteiger charge is 2.61. The van der Waals surface area contributed by atoms with Crippen LogP contribution in [0.3, 0.4) is 0 Å². The lowest BCUT2D eigenvalue weighted by Gasteiger charge is -2.59. The van der Waals surface area contributed by atoms with Gasteiger partial charge in [0.1, 0.15) is 12.1 Å². The zero-order chi connectivity index (χ0) is 23.9. The van der Waals surface area contributed by atoms with Gasteiger partial charge in [0.25, 0.3) is 0 Å².